The Hall–Kier alpha value is -2.56. The van der Waals surface area contributed by atoms with Gasteiger partial charge in [-0.2, -0.15) is 4.31 Å². The summed E-state index contributed by atoms with van der Waals surface area (Å²) >= 11 is 1.13. The Morgan fingerprint density at radius 1 is 1.20 bits per heavy atom. The molecule has 1 N–H and O–H groups in total. The van der Waals surface area contributed by atoms with Gasteiger partial charge in [-0.3, -0.25) is 4.79 Å². The molecule has 0 fully saturated rings. The summed E-state index contributed by atoms with van der Waals surface area (Å²) in [5, 5.41) is 3.07. The Labute approximate surface area is 179 Å². The van der Waals surface area contributed by atoms with E-state index in [4.69, 9.17) is 9.15 Å². The summed E-state index contributed by atoms with van der Waals surface area (Å²) in [7, 11) is -2.05. The number of para-hydroxylation sites is 2. The fourth-order valence-corrected chi connectivity index (χ4v) is 5.00. The van der Waals surface area contributed by atoms with Crippen molar-refractivity contribution in [3.63, 3.8) is 0 Å². The van der Waals surface area contributed by atoms with E-state index in [2.05, 4.69) is 10.3 Å². The predicted octanol–water partition coefficient (Wildman–Crippen LogP) is 3.60. The van der Waals surface area contributed by atoms with E-state index in [-0.39, 0.29) is 21.8 Å². The minimum absolute atomic E-state index is 0.0788. The van der Waals surface area contributed by atoms with Gasteiger partial charge < -0.3 is 14.5 Å². The van der Waals surface area contributed by atoms with Crippen LogP contribution in [0.2, 0.25) is 0 Å². The quantitative estimate of drug-likeness (QED) is 0.498. The number of thioether (sulfide) groups is 1. The summed E-state index contributed by atoms with van der Waals surface area (Å²) in [6.45, 7) is 4.36. The van der Waals surface area contributed by atoms with Gasteiger partial charge in [-0.25, -0.2) is 13.4 Å². The maximum Gasteiger partial charge on any atom is 0.257 e. The van der Waals surface area contributed by atoms with Crippen LogP contribution in [-0.2, 0) is 14.8 Å². The van der Waals surface area contributed by atoms with E-state index < -0.39 is 10.0 Å². The van der Waals surface area contributed by atoms with Gasteiger partial charge in [-0.15, -0.1) is 0 Å². The number of nitrogens with zero attached hydrogens (tertiary/aromatic N) is 2. The minimum atomic E-state index is -3.58. The second-order valence-electron chi connectivity index (χ2n) is 6.24. The Bertz CT molecular complexity index is 1140. The summed E-state index contributed by atoms with van der Waals surface area (Å²) in [5.74, 6) is 0.409. The van der Waals surface area contributed by atoms with Gasteiger partial charge >= 0.3 is 0 Å². The second kappa shape index (κ2) is 9.50. The molecule has 1 heterocycles. The SMILES string of the molecule is CCN(CC)S(=O)(=O)c1ccc2oc(SCC(=O)Nc3ccccc3OC)nc2c1. The fraction of sp³-hybridized carbons (Fsp3) is 0.300. The van der Waals surface area contributed by atoms with Gasteiger partial charge in [0.05, 0.1) is 23.4 Å². The number of ether oxygens (including phenoxy) is 1. The smallest absolute Gasteiger partial charge is 0.257 e. The van der Waals surface area contributed by atoms with Crippen LogP contribution in [0.1, 0.15) is 13.8 Å². The van der Waals surface area contributed by atoms with Gasteiger partial charge in [-0.05, 0) is 30.3 Å². The van der Waals surface area contributed by atoms with Crippen molar-refractivity contribution in [2.75, 3.05) is 31.3 Å². The number of hydrogen-bond donors (Lipinski definition) is 1. The number of carbonyl (C=O) groups excluding carboxylic acids is 1. The zero-order chi connectivity index (χ0) is 21.7. The molecular weight excluding hydrogens is 426 g/mol. The first kappa shape index (κ1) is 22.1. The van der Waals surface area contributed by atoms with Crippen LogP contribution in [0.15, 0.2) is 57.0 Å². The number of nitrogens with one attached hydrogen (secondary N) is 1. The molecule has 0 radical (unpaired) electrons. The topological polar surface area (TPSA) is 102 Å². The lowest BCUT2D eigenvalue weighted by Gasteiger charge is -2.18. The zero-order valence-corrected chi connectivity index (χ0v) is 18.5. The van der Waals surface area contributed by atoms with E-state index in [9.17, 15) is 13.2 Å². The number of carbonyl (C=O) groups is 1. The van der Waals surface area contributed by atoms with Crippen LogP contribution >= 0.6 is 11.8 Å². The molecule has 0 bridgehead atoms. The van der Waals surface area contributed by atoms with Crippen molar-refractivity contribution in [3.05, 3.63) is 42.5 Å². The summed E-state index contributed by atoms with van der Waals surface area (Å²) in [5.41, 5.74) is 1.46. The fourth-order valence-electron chi connectivity index (χ4n) is 2.88. The predicted molar refractivity (Wildman–Crippen MR) is 116 cm³/mol. The van der Waals surface area contributed by atoms with E-state index in [0.29, 0.717) is 35.6 Å². The van der Waals surface area contributed by atoms with Gasteiger partial charge in [-0.1, -0.05) is 37.7 Å². The summed E-state index contributed by atoms with van der Waals surface area (Å²) in [6, 6.07) is 11.7. The summed E-state index contributed by atoms with van der Waals surface area (Å²) < 4.78 is 37.6. The average Bonchev–Trinajstić information content (AvgIpc) is 3.15. The molecule has 0 aliphatic rings. The van der Waals surface area contributed by atoms with Crippen LogP contribution in [0.4, 0.5) is 5.69 Å². The van der Waals surface area contributed by atoms with E-state index in [1.165, 1.54) is 23.5 Å². The molecule has 0 saturated carbocycles. The number of rotatable bonds is 9. The first-order valence-electron chi connectivity index (χ1n) is 9.35. The van der Waals surface area contributed by atoms with E-state index in [0.717, 1.165) is 11.8 Å². The van der Waals surface area contributed by atoms with Crippen LogP contribution in [0.3, 0.4) is 0 Å². The number of sulfonamides is 1. The molecule has 0 atom stereocenters. The number of methoxy groups -OCH3 is 1. The number of aromatic nitrogens is 1. The van der Waals surface area contributed by atoms with Crippen molar-refractivity contribution in [2.24, 2.45) is 0 Å². The second-order valence-corrected chi connectivity index (χ2v) is 9.10. The Balaban J connectivity index is 1.71. The minimum Gasteiger partial charge on any atom is -0.495 e. The van der Waals surface area contributed by atoms with Gasteiger partial charge in [0.1, 0.15) is 11.3 Å². The number of fused-ring (bicyclic) bond motifs is 1. The molecule has 8 nitrogen and oxygen atoms in total. The molecule has 2 aromatic carbocycles. The largest absolute Gasteiger partial charge is 0.495 e. The molecule has 0 aliphatic heterocycles. The van der Waals surface area contributed by atoms with Crippen molar-refractivity contribution >= 4 is 44.5 Å². The monoisotopic (exact) mass is 449 g/mol. The highest BCUT2D eigenvalue weighted by Crippen LogP contribution is 2.27. The zero-order valence-electron chi connectivity index (χ0n) is 16.9. The third kappa shape index (κ3) is 4.77. The Morgan fingerprint density at radius 2 is 1.93 bits per heavy atom. The first-order valence-corrected chi connectivity index (χ1v) is 11.8. The van der Waals surface area contributed by atoms with E-state index in [1.807, 2.05) is 6.07 Å². The van der Waals surface area contributed by atoms with Crippen LogP contribution in [-0.4, -0.2) is 49.6 Å². The lowest BCUT2D eigenvalue weighted by atomic mass is 10.3. The van der Waals surface area contributed by atoms with Gasteiger partial charge in [0.2, 0.25) is 15.9 Å². The molecule has 30 heavy (non-hydrogen) atoms. The third-order valence-electron chi connectivity index (χ3n) is 4.39. The van der Waals surface area contributed by atoms with Crippen LogP contribution in [0.25, 0.3) is 11.1 Å². The average molecular weight is 450 g/mol. The molecule has 1 aromatic heterocycles. The maximum atomic E-state index is 12.7. The number of oxazole rings is 1. The molecule has 3 aromatic rings. The Kier molecular flexibility index (Phi) is 7.01. The first-order chi connectivity index (χ1) is 14.4. The molecule has 0 unspecified atom stereocenters. The van der Waals surface area contributed by atoms with Crippen molar-refractivity contribution in [3.8, 4) is 5.75 Å². The van der Waals surface area contributed by atoms with Crippen molar-refractivity contribution < 1.29 is 22.4 Å². The van der Waals surface area contributed by atoms with Crippen LogP contribution < -0.4 is 10.1 Å². The molecule has 3 rings (SSSR count). The highest BCUT2D eigenvalue weighted by atomic mass is 32.2. The number of benzene rings is 2. The molecule has 160 valence electrons. The molecule has 0 aliphatic carbocycles. The van der Waals surface area contributed by atoms with Crippen LogP contribution in [0, 0.1) is 0 Å². The highest BCUT2D eigenvalue weighted by molar-refractivity contribution is 7.99. The standard InChI is InChI=1S/C20H23N3O5S2/c1-4-23(5-2)30(25,26)14-10-11-18-16(12-14)22-20(28-18)29-13-19(24)21-15-8-6-7-9-17(15)27-3/h6-12H,4-5,13H2,1-3H3,(H,21,24). The molecule has 1 amide bonds. The van der Waals surface area contributed by atoms with Gasteiger partial charge in [0, 0.05) is 13.1 Å². The summed E-state index contributed by atoms with van der Waals surface area (Å²) in [4.78, 5) is 16.7. The highest BCUT2D eigenvalue weighted by Gasteiger charge is 2.22. The van der Waals surface area contributed by atoms with E-state index in [1.54, 1.807) is 38.1 Å². The van der Waals surface area contributed by atoms with E-state index >= 15 is 0 Å². The number of hydrogen-bond acceptors (Lipinski definition) is 7. The summed E-state index contributed by atoms with van der Waals surface area (Å²) in [6.07, 6.45) is 0. The van der Waals surface area contributed by atoms with Gasteiger partial charge in [0.25, 0.3) is 5.22 Å². The third-order valence-corrected chi connectivity index (χ3v) is 7.26. The number of anilines is 1. The van der Waals surface area contributed by atoms with Crippen molar-refractivity contribution in [2.45, 2.75) is 24.0 Å². The molecule has 0 saturated heterocycles. The molecular formula is C20H23N3O5S2. The lowest BCUT2D eigenvalue weighted by Crippen LogP contribution is -2.30. The molecule has 10 heteroatoms. The normalized spacial score (nSPS) is 11.7. The lowest BCUT2D eigenvalue weighted by molar-refractivity contribution is -0.113. The van der Waals surface area contributed by atoms with Crippen molar-refractivity contribution in [1.29, 1.82) is 0 Å². The van der Waals surface area contributed by atoms with Gasteiger partial charge in [0.15, 0.2) is 5.58 Å². The number of amides is 1. The van der Waals surface area contributed by atoms with Crippen LogP contribution in [0.5, 0.6) is 5.75 Å². The van der Waals surface area contributed by atoms with Crippen molar-refractivity contribution in [1.82, 2.24) is 9.29 Å². The maximum absolute atomic E-state index is 12.7. The molecule has 0 spiro atoms. The Morgan fingerprint density at radius 3 is 2.63 bits per heavy atom.